The zero-order valence-corrected chi connectivity index (χ0v) is 22.7. The number of aromatic nitrogens is 1. The molecule has 0 spiro atoms. The number of nitrogens with one attached hydrogen (secondary N) is 1. The second-order valence-corrected chi connectivity index (χ2v) is 11.9. The highest BCUT2D eigenvalue weighted by Gasteiger charge is 2.35. The van der Waals surface area contributed by atoms with Crippen LogP contribution in [0.25, 0.3) is 22.2 Å². The zero-order chi connectivity index (χ0) is 26.3. The maximum Gasteiger partial charge on any atom is 0.257 e. The molecule has 5 nitrogen and oxygen atoms in total. The standard InChI is InChI=1S/C31H33N3O2S/c1-5-31(3,4)20-13-14-22-26(16-20)37-30(27(22)28(32)35)34-29(36)23-17-25(19-10-8-9-18(2)15-19)33-24-12-7-6-11-21(23)24/h6-12,15,17,20H,5,13-14,16H2,1-4H3,(H2,32,35)(H,34,36)/t20-/m1/s1. The SMILES string of the molecule is CCC(C)(C)[C@@H]1CCc2c(sc(NC(=O)c3cc(-c4cccc(C)c4)nc4ccccc34)c2C(N)=O)C1. The van der Waals surface area contributed by atoms with Crippen LogP contribution in [0.3, 0.4) is 0 Å². The molecule has 5 rings (SSSR count). The van der Waals surface area contributed by atoms with Crippen molar-refractivity contribution in [3.8, 4) is 11.3 Å². The molecule has 0 saturated heterocycles. The number of anilines is 1. The summed E-state index contributed by atoms with van der Waals surface area (Å²) in [5.41, 5.74) is 11.6. The van der Waals surface area contributed by atoms with Crippen LogP contribution < -0.4 is 11.1 Å². The van der Waals surface area contributed by atoms with Crippen LogP contribution in [0.1, 0.15) is 70.3 Å². The third kappa shape index (κ3) is 4.78. The number of fused-ring (bicyclic) bond motifs is 2. The normalized spacial score (nSPS) is 15.4. The van der Waals surface area contributed by atoms with Gasteiger partial charge in [-0.05, 0) is 61.3 Å². The summed E-state index contributed by atoms with van der Waals surface area (Å²) in [6.07, 6.45) is 3.84. The van der Waals surface area contributed by atoms with Crippen molar-refractivity contribution in [3.63, 3.8) is 0 Å². The lowest BCUT2D eigenvalue weighted by Gasteiger charge is -2.36. The summed E-state index contributed by atoms with van der Waals surface area (Å²) in [7, 11) is 0. The molecule has 1 atom stereocenters. The molecule has 0 aliphatic heterocycles. The minimum Gasteiger partial charge on any atom is -0.365 e. The van der Waals surface area contributed by atoms with Gasteiger partial charge in [-0.2, -0.15) is 0 Å². The molecule has 2 heterocycles. The molecule has 0 fully saturated rings. The van der Waals surface area contributed by atoms with Crippen LogP contribution >= 0.6 is 11.3 Å². The predicted molar refractivity (Wildman–Crippen MR) is 152 cm³/mol. The Morgan fingerprint density at radius 1 is 1.14 bits per heavy atom. The largest absolute Gasteiger partial charge is 0.365 e. The maximum atomic E-state index is 13.8. The van der Waals surface area contributed by atoms with Crippen molar-refractivity contribution in [2.45, 2.75) is 53.4 Å². The van der Waals surface area contributed by atoms with E-state index in [0.29, 0.717) is 22.0 Å². The van der Waals surface area contributed by atoms with E-state index in [2.05, 4.69) is 32.2 Å². The van der Waals surface area contributed by atoms with Gasteiger partial charge >= 0.3 is 0 Å². The number of benzene rings is 2. The predicted octanol–water partition coefficient (Wildman–Crippen LogP) is 7.16. The second kappa shape index (κ2) is 9.75. The number of aryl methyl sites for hydroxylation is 1. The van der Waals surface area contributed by atoms with Gasteiger partial charge < -0.3 is 11.1 Å². The van der Waals surface area contributed by atoms with Gasteiger partial charge in [-0.3, -0.25) is 9.59 Å². The number of carbonyl (C=O) groups is 2. The highest BCUT2D eigenvalue weighted by Crippen LogP contribution is 2.45. The molecule has 6 heteroatoms. The first kappa shape index (κ1) is 25.2. The summed E-state index contributed by atoms with van der Waals surface area (Å²) in [4.78, 5) is 32.3. The van der Waals surface area contributed by atoms with E-state index in [1.54, 1.807) is 0 Å². The molecule has 190 valence electrons. The van der Waals surface area contributed by atoms with Gasteiger partial charge in [0.15, 0.2) is 0 Å². The summed E-state index contributed by atoms with van der Waals surface area (Å²) < 4.78 is 0. The lowest BCUT2D eigenvalue weighted by Crippen LogP contribution is -2.29. The number of para-hydroxylation sites is 1. The molecular formula is C31H33N3O2S. The third-order valence-corrected chi connectivity index (χ3v) is 9.20. The number of pyridine rings is 1. The van der Waals surface area contributed by atoms with Gasteiger partial charge in [-0.1, -0.05) is 69.2 Å². The van der Waals surface area contributed by atoms with Crippen molar-refractivity contribution in [3.05, 3.63) is 81.7 Å². The average molecular weight is 512 g/mol. The Kier molecular flexibility index (Phi) is 6.63. The first-order valence-electron chi connectivity index (χ1n) is 12.9. The van der Waals surface area contributed by atoms with Crippen LogP contribution in [-0.4, -0.2) is 16.8 Å². The fourth-order valence-electron chi connectivity index (χ4n) is 5.38. The van der Waals surface area contributed by atoms with E-state index >= 15 is 0 Å². The van der Waals surface area contributed by atoms with E-state index in [0.717, 1.165) is 59.0 Å². The lowest BCUT2D eigenvalue weighted by atomic mass is 9.69. The summed E-state index contributed by atoms with van der Waals surface area (Å²) in [5, 5.41) is 4.38. The number of hydrogen-bond donors (Lipinski definition) is 2. The topological polar surface area (TPSA) is 85.1 Å². The van der Waals surface area contributed by atoms with Crippen LogP contribution in [0.4, 0.5) is 5.00 Å². The van der Waals surface area contributed by atoms with Crippen molar-refractivity contribution >= 4 is 39.1 Å². The Morgan fingerprint density at radius 2 is 1.92 bits per heavy atom. The van der Waals surface area contributed by atoms with Crippen molar-refractivity contribution < 1.29 is 9.59 Å². The quantitative estimate of drug-likeness (QED) is 0.288. The average Bonchev–Trinajstić information content (AvgIpc) is 3.25. The Balaban J connectivity index is 1.54. The van der Waals surface area contributed by atoms with Crippen LogP contribution in [0.2, 0.25) is 0 Å². The second-order valence-electron chi connectivity index (χ2n) is 10.7. The van der Waals surface area contributed by atoms with Gasteiger partial charge in [0, 0.05) is 15.8 Å². The molecule has 2 amide bonds. The van der Waals surface area contributed by atoms with Gasteiger partial charge in [0.2, 0.25) is 0 Å². The highest BCUT2D eigenvalue weighted by atomic mass is 32.1. The van der Waals surface area contributed by atoms with Crippen molar-refractivity contribution in [1.29, 1.82) is 0 Å². The first-order valence-corrected chi connectivity index (χ1v) is 13.7. The minimum atomic E-state index is -0.485. The van der Waals surface area contributed by atoms with Crippen LogP contribution in [0.5, 0.6) is 0 Å². The van der Waals surface area contributed by atoms with E-state index in [1.807, 2.05) is 55.5 Å². The van der Waals surface area contributed by atoms with Gasteiger partial charge in [-0.25, -0.2) is 4.98 Å². The molecule has 0 saturated carbocycles. The summed E-state index contributed by atoms with van der Waals surface area (Å²) in [6, 6.07) is 17.6. The number of rotatable bonds is 6. The number of carbonyl (C=O) groups excluding carboxylic acids is 2. The number of primary amides is 1. The number of hydrogen-bond acceptors (Lipinski definition) is 4. The van der Waals surface area contributed by atoms with Gasteiger partial charge in [0.25, 0.3) is 11.8 Å². The molecule has 2 aromatic carbocycles. The van der Waals surface area contributed by atoms with E-state index in [4.69, 9.17) is 10.7 Å². The Hall–Kier alpha value is -3.51. The number of nitrogens with two attached hydrogens (primary N) is 1. The van der Waals surface area contributed by atoms with Crippen LogP contribution in [0, 0.1) is 18.3 Å². The van der Waals surface area contributed by atoms with E-state index in [1.165, 1.54) is 16.2 Å². The fraction of sp³-hybridized carbons (Fsp3) is 0.323. The van der Waals surface area contributed by atoms with Crippen LogP contribution in [-0.2, 0) is 12.8 Å². The van der Waals surface area contributed by atoms with Crippen LogP contribution in [0.15, 0.2) is 54.6 Å². The highest BCUT2D eigenvalue weighted by molar-refractivity contribution is 7.17. The van der Waals surface area contributed by atoms with Crippen molar-refractivity contribution in [2.75, 3.05) is 5.32 Å². The summed E-state index contributed by atoms with van der Waals surface area (Å²) in [6.45, 7) is 8.89. The third-order valence-electron chi connectivity index (χ3n) is 8.03. The zero-order valence-electron chi connectivity index (χ0n) is 21.9. The number of nitrogens with zero attached hydrogens (tertiary/aromatic N) is 1. The number of amides is 2. The maximum absolute atomic E-state index is 13.8. The molecule has 0 unspecified atom stereocenters. The Labute approximate surface area is 222 Å². The molecular weight excluding hydrogens is 478 g/mol. The first-order chi connectivity index (χ1) is 17.7. The van der Waals surface area contributed by atoms with Crippen molar-refractivity contribution in [1.82, 2.24) is 4.98 Å². The molecule has 3 N–H and O–H groups in total. The number of thiophene rings is 1. The van der Waals surface area contributed by atoms with E-state index in [-0.39, 0.29) is 11.3 Å². The molecule has 0 bridgehead atoms. The summed E-state index contributed by atoms with van der Waals surface area (Å²) >= 11 is 1.50. The smallest absolute Gasteiger partial charge is 0.257 e. The molecule has 1 aliphatic carbocycles. The molecule has 37 heavy (non-hydrogen) atoms. The van der Waals surface area contributed by atoms with Gasteiger partial charge in [0.1, 0.15) is 5.00 Å². The van der Waals surface area contributed by atoms with Crippen molar-refractivity contribution in [2.24, 2.45) is 17.1 Å². The fourth-order valence-corrected chi connectivity index (χ4v) is 6.70. The van der Waals surface area contributed by atoms with E-state index in [9.17, 15) is 9.59 Å². The van der Waals surface area contributed by atoms with E-state index < -0.39 is 5.91 Å². The van der Waals surface area contributed by atoms with Gasteiger partial charge in [0.05, 0.1) is 22.3 Å². The van der Waals surface area contributed by atoms with Gasteiger partial charge in [-0.15, -0.1) is 11.3 Å². The summed E-state index contributed by atoms with van der Waals surface area (Å²) in [5.74, 6) is -0.214. The lowest BCUT2D eigenvalue weighted by molar-refractivity contribution is 0.0999. The minimum absolute atomic E-state index is 0.222. The molecule has 1 aliphatic rings. The molecule has 2 aromatic heterocycles. The monoisotopic (exact) mass is 511 g/mol. The molecule has 0 radical (unpaired) electrons. The molecule has 4 aromatic rings. The Morgan fingerprint density at radius 3 is 2.65 bits per heavy atom. The Bertz CT molecular complexity index is 1520.